The molecule has 2 heterocycles. The second kappa shape index (κ2) is 11.0. The molecule has 3 rings (SSSR count). The molecule has 1 aromatic carbocycles. The van der Waals surface area contributed by atoms with Crippen molar-refractivity contribution in [3.8, 4) is 17.9 Å². The van der Waals surface area contributed by atoms with Crippen LogP contribution in [0.2, 0.25) is 0 Å². The van der Waals surface area contributed by atoms with Crippen LogP contribution in [-0.4, -0.2) is 50.7 Å². The molecule has 3 aromatic rings. The molecule has 1 unspecified atom stereocenters. The van der Waals surface area contributed by atoms with Gasteiger partial charge in [-0.15, -0.1) is 5.92 Å². The van der Waals surface area contributed by atoms with Crippen molar-refractivity contribution in [1.29, 1.82) is 5.26 Å². The average molecular weight is 490 g/mol. The summed E-state index contributed by atoms with van der Waals surface area (Å²) in [7, 11) is 1.83. The summed E-state index contributed by atoms with van der Waals surface area (Å²) in [5.41, 5.74) is 1.08. The summed E-state index contributed by atoms with van der Waals surface area (Å²) >= 11 is 0. The molecule has 1 atom stereocenters. The smallest absolute Gasteiger partial charge is 0.407 e. The first-order valence-electron chi connectivity index (χ1n) is 11.6. The minimum absolute atomic E-state index is 0.158. The number of rotatable bonds is 7. The van der Waals surface area contributed by atoms with Crippen molar-refractivity contribution in [3.63, 3.8) is 0 Å². The molecule has 0 saturated heterocycles. The molecule has 188 valence electrons. The first-order valence-corrected chi connectivity index (χ1v) is 11.6. The number of nitrogens with zero attached hydrogens (tertiary/aromatic N) is 6. The Labute approximate surface area is 210 Å². The number of carbonyl (C=O) groups excluding carboxylic acids is 1. The lowest BCUT2D eigenvalue weighted by molar-refractivity contribution is 0.0510. The van der Waals surface area contributed by atoms with Gasteiger partial charge in [-0.1, -0.05) is 24.1 Å². The second-order valence-electron chi connectivity index (χ2n) is 9.46. The van der Waals surface area contributed by atoms with E-state index in [4.69, 9.17) is 4.74 Å². The molecule has 2 aromatic heterocycles. The van der Waals surface area contributed by atoms with Gasteiger partial charge in [0, 0.05) is 19.6 Å². The number of imidazole rings is 1. The zero-order chi connectivity index (χ0) is 26.5. The van der Waals surface area contributed by atoms with Crippen molar-refractivity contribution in [3.05, 3.63) is 51.9 Å². The summed E-state index contributed by atoms with van der Waals surface area (Å²) < 4.78 is 8.41. The molecule has 0 aliphatic heterocycles. The Balaban J connectivity index is 1.94. The Morgan fingerprint density at radius 3 is 2.69 bits per heavy atom. The molecule has 1 amide bonds. The number of fused-ring (bicyclic) bond motifs is 1. The standard InChI is InChI=1S/C26H31N7O3/c1-7-8-13-32-22-21(15-28-33(23(22)34)17-20-12-10-9-11-19(20)14-27)30-24(32)31(6)16-18(2)29-25(35)36-26(3,4)5/h9-12,15,18H,13,16-17H2,1-6H3,(H,29,35). The van der Waals surface area contributed by atoms with Gasteiger partial charge in [-0.2, -0.15) is 10.4 Å². The molecule has 0 saturated carbocycles. The molecule has 0 bridgehead atoms. The maximum Gasteiger partial charge on any atom is 0.407 e. The normalized spacial score (nSPS) is 11.8. The van der Waals surface area contributed by atoms with E-state index in [-0.39, 0.29) is 24.7 Å². The number of likely N-dealkylation sites (N-methyl/N-ethyl adjacent to an activating group) is 1. The third-order valence-corrected chi connectivity index (χ3v) is 5.25. The van der Waals surface area contributed by atoms with Crippen molar-refractivity contribution in [1.82, 2.24) is 24.6 Å². The quantitative estimate of drug-likeness (QED) is 0.507. The Kier molecular flexibility index (Phi) is 8.00. The summed E-state index contributed by atoms with van der Waals surface area (Å²) in [5, 5.41) is 16.5. The molecule has 10 heteroatoms. The summed E-state index contributed by atoms with van der Waals surface area (Å²) in [6.45, 7) is 9.84. The molecule has 0 spiro atoms. The summed E-state index contributed by atoms with van der Waals surface area (Å²) in [5.74, 6) is 6.40. The minimum Gasteiger partial charge on any atom is -0.444 e. The fourth-order valence-electron chi connectivity index (χ4n) is 3.76. The van der Waals surface area contributed by atoms with Gasteiger partial charge in [-0.3, -0.25) is 9.36 Å². The Morgan fingerprint density at radius 1 is 1.31 bits per heavy atom. The maximum atomic E-state index is 13.5. The summed E-state index contributed by atoms with van der Waals surface area (Å²) in [4.78, 5) is 32.1. The molecular formula is C26H31N7O3. The zero-order valence-electron chi connectivity index (χ0n) is 21.5. The van der Waals surface area contributed by atoms with Crippen molar-refractivity contribution in [2.45, 2.75) is 59.4 Å². The van der Waals surface area contributed by atoms with Crippen LogP contribution in [0.25, 0.3) is 11.0 Å². The first kappa shape index (κ1) is 26.3. The highest BCUT2D eigenvalue weighted by Gasteiger charge is 2.22. The number of nitrogens with one attached hydrogen (secondary N) is 1. The maximum absolute atomic E-state index is 13.5. The SMILES string of the molecule is CC#CCn1c(N(C)CC(C)NC(=O)OC(C)(C)C)nc2cnn(Cc3ccccc3C#N)c(=O)c21. The van der Waals surface area contributed by atoms with Crippen LogP contribution in [0, 0.1) is 23.2 Å². The zero-order valence-corrected chi connectivity index (χ0v) is 21.5. The lowest BCUT2D eigenvalue weighted by Gasteiger charge is -2.25. The van der Waals surface area contributed by atoms with E-state index in [2.05, 4.69) is 33.3 Å². The monoisotopic (exact) mass is 489 g/mol. The molecular weight excluding hydrogens is 458 g/mol. The predicted octanol–water partition coefficient (Wildman–Crippen LogP) is 2.89. The molecule has 1 N–H and O–H groups in total. The molecule has 0 fully saturated rings. The highest BCUT2D eigenvalue weighted by molar-refractivity contribution is 5.77. The number of amides is 1. The van der Waals surface area contributed by atoms with Gasteiger partial charge < -0.3 is 15.0 Å². The van der Waals surface area contributed by atoms with Gasteiger partial charge in [0.05, 0.1) is 30.9 Å². The van der Waals surface area contributed by atoms with E-state index in [0.29, 0.717) is 34.7 Å². The van der Waals surface area contributed by atoms with Gasteiger partial charge in [0.1, 0.15) is 16.6 Å². The number of alkyl carbamates (subject to hydrolysis) is 1. The van der Waals surface area contributed by atoms with Crippen LogP contribution < -0.4 is 15.8 Å². The number of ether oxygens (including phenoxy) is 1. The third-order valence-electron chi connectivity index (χ3n) is 5.25. The molecule has 0 aliphatic rings. The van der Waals surface area contributed by atoms with Crippen LogP contribution in [0.1, 0.15) is 45.7 Å². The van der Waals surface area contributed by atoms with Gasteiger partial charge in [0.15, 0.2) is 0 Å². The van der Waals surface area contributed by atoms with Crippen LogP contribution in [-0.2, 0) is 17.8 Å². The van der Waals surface area contributed by atoms with E-state index >= 15 is 0 Å². The number of nitriles is 1. The van der Waals surface area contributed by atoms with E-state index in [0.717, 1.165) is 0 Å². The van der Waals surface area contributed by atoms with E-state index in [1.54, 1.807) is 56.7 Å². The van der Waals surface area contributed by atoms with Crippen LogP contribution in [0.5, 0.6) is 0 Å². The van der Waals surface area contributed by atoms with Crippen molar-refractivity contribution >= 4 is 23.1 Å². The topological polar surface area (TPSA) is 118 Å². The fraction of sp³-hybridized carbons (Fsp3) is 0.423. The highest BCUT2D eigenvalue weighted by atomic mass is 16.6. The molecule has 10 nitrogen and oxygen atoms in total. The van der Waals surface area contributed by atoms with E-state index in [1.165, 1.54) is 4.68 Å². The largest absolute Gasteiger partial charge is 0.444 e. The number of anilines is 1. The number of aromatic nitrogens is 4. The minimum atomic E-state index is -0.594. The van der Waals surface area contributed by atoms with Crippen LogP contribution in [0.15, 0.2) is 35.3 Å². The van der Waals surface area contributed by atoms with Crippen LogP contribution >= 0.6 is 0 Å². The lowest BCUT2D eigenvalue weighted by Crippen LogP contribution is -2.43. The van der Waals surface area contributed by atoms with E-state index in [9.17, 15) is 14.9 Å². The van der Waals surface area contributed by atoms with E-state index in [1.807, 2.05) is 24.9 Å². The van der Waals surface area contributed by atoms with Crippen molar-refractivity contribution in [2.75, 3.05) is 18.5 Å². The summed E-state index contributed by atoms with van der Waals surface area (Å²) in [6, 6.07) is 9.00. The van der Waals surface area contributed by atoms with Gasteiger partial charge in [-0.05, 0) is 46.2 Å². The highest BCUT2D eigenvalue weighted by Crippen LogP contribution is 2.20. The number of hydrogen-bond donors (Lipinski definition) is 1. The van der Waals surface area contributed by atoms with Crippen LogP contribution in [0.3, 0.4) is 0 Å². The predicted molar refractivity (Wildman–Crippen MR) is 138 cm³/mol. The van der Waals surface area contributed by atoms with Gasteiger partial charge in [0.25, 0.3) is 5.56 Å². The average Bonchev–Trinajstić information content (AvgIpc) is 3.17. The summed E-state index contributed by atoms with van der Waals surface area (Å²) in [6.07, 6.45) is 1.04. The van der Waals surface area contributed by atoms with Crippen molar-refractivity contribution in [2.24, 2.45) is 0 Å². The van der Waals surface area contributed by atoms with Crippen LogP contribution in [0.4, 0.5) is 10.7 Å². The molecule has 36 heavy (non-hydrogen) atoms. The molecule has 0 aliphatic carbocycles. The third kappa shape index (κ3) is 6.22. The number of hydrogen-bond acceptors (Lipinski definition) is 7. The van der Waals surface area contributed by atoms with Gasteiger partial charge in [-0.25, -0.2) is 14.5 Å². The van der Waals surface area contributed by atoms with Gasteiger partial charge in [0.2, 0.25) is 5.95 Å². The second-order valence-corrected chi connectivity index (χ2v) is 9.46. The van der Waals surface area contributed by atoms with E-state index < -0.39 is 11.7 Å². The first-order chi connectivity index (χ1) is 17.0. The number of benzene rings is 1. The van der Waals surface area contributed by atoms with Gasteiger partial charge >= 0.3 is 6.09 Å². The number of carbonyl (C=O) groups is 1. The Bertz CT molecular complexity index is 1410. The fourth-order valence-corrected chi connectivity index (χ4v) is 3.76. The Hall–Kier alpha value is -4.31. The molecule has 0 radical (unpaired) electrons. The Morgan fingerprint density at radius 2 is 2.03 bits per heavy atom. The van der Waals surface area contributed by atoms with Crippen molar-refractivity contribution < 1.29 is 9.53 Å². The lowest BCUT2D eigenvalue weighted by atomic mass is 10.1.